The third-order valence-electron chi connectivity index (χ3n) is 3.77. The molecule has 7 nitrogen and oxygen atoms in total. The van der Waals surface area contributed by atoms with Crippen LogP contribution < -0.4 is 10.5 Å². The molecule has 0 radical (unpaired) electrons. The lowest BCUT2D eigenvalue weighted by Crippen LogP contribution is -2.35. The van der Waals surface area contributed by atoms with Crippen LogP contribution in [0.1, 0.15) is 6.92 Å². The van der Waals surface area contributed by atoms with Gasteiger partial charge in [0.2, 0.25) is 5.95 Å². The number of hydrogen-bond acceptors (Lipinski definition) is 7. The standard InChI is InChI=1S/C18H18FN5O2S/c1-11(10-25)24-27(26)16-5-3-2-4-14(16)12-6-15(19)17(21-7-12)13-8-22-18(20)23-9-13/h2-9,11,24-25H,10H2,1H3,(H2,20,22,23). The van der Waals surface area contributed by atoms with E-state index in [2.05, 4.69) is 19.7 Å². The van der Waals surface area contributed by atoms with Crippen LogP contribution in [0.4, 0.5) is 10.3 Å². The Labute approximate surface area is 158 Å². The molecule has 2 aromatic heterocycles. The minimum atomic E-state index is -1.57. The van der Waals surface area contributed by atoms with Gasteiger partial charge in [-0.25, -0.2) is 14.4 Å². The maximum atomic E-state index is 14.6. The number of anilines is 1. The van der Waals surface area contributed by atoms with Gasteiger partial charge >= 0.3 is 0 Å². The number of nitrogens with two attached hydrogens (primary N) is 1. The molecule has 0 aliphatic heterocycles. The molecule has 0 aliphatic rings. The van der Waals surface area contributed by atoms with Crippen molar-refractivity contribution < 1.29 is 14.0 Å². The SMILES string of the molecule is CC(CO)N[S+]([O-])c1ccccc1-c1cnc(-c2cnc(N)nc2)c(F)c1. The summed E-state index contributed by atoms with van der Waals surface area (Å²) in [5.41, 5.74) is 7.02. The fourth-order valence-electron chi connectivity index (χ4n) is 2.41. The number of benzene rings is 1. The number of nitrogens with zero attached hydrogens (tertiary/aromatic N) is 3. The van der Waals surface area contributed by atoms with Crippen molar-refractivity contribution in [2.45, 2.75) is 17.9 Å². The Balaban J connectivity index is 1.96. The van der Waals surface area contributed by atoms with E-state index in [1.54, 1.807) is 31.2 Å². The zero-order valence-corrected chi connectivity index (χ0v) is 15.3. The fraction of sp³-hybridized carbons (Fsp3) is 0.167. The molecule has 0 saturated carbocycles. The van der Waals surface area contributed by atoms with Gasteiger partial charge in [-0.2, -0.15) is 0 Å². The number of aromatic nitrogens is 3. The van der Waals surface area contributed by atoms with Crippen LogP contribution in [0.25, 0.3) is 22.4 Å². The zero-order chi connectivity index (χ0) is 19.4. The molecule has 3 rings (SSSR count). The van der Waals surface area contributed by atoms with Crippen LogP contribution in [0.3, 0.4) is 0 Å². The predicted octanol–water partition coefficient (Wildman–Crippen LogP) is 1.92. The summed E-state index contributed by atoms with van der Waals surface area (Å²) >= 11 is -1.57. The number of hydrogen-bond donors (Lipinski definition) is 3. The van der Waals surface area contributed by atoms with Gasteiger partial charge in [0.25, 0.3) is 0 Å². The average Bonchev–Trinajstić information content (AvgIpc) is 2.68. The molecule has 0 bridgehead atoms. The van der Waals surface area contributed by atoms with Gasteiger partial charge in [0.15, 0.2) is 4.90 Å². The van der Waals surface area contributed by atoms with Crippen molar-refractivity contribution in [3.8, 4) is 22.4 Å². The minimum absolute atomic E-state index is 0.0943. The highest BCUT2D eigenvalue weighted by atomic mass is 32.2. The Morgan fingerprint density at radius 3 is 2.52 bits per heavy atom. The number of rotatable bonds is 6. The quantitative estimate of drug-likeness (QED) is 0.553. The molecule has 9 heteroatoms. The summed E-state index contributed by atoms with van der Waals surface area (Å²) in [6.45, 7) is 1.56. The summed E-state index contributed by atoms with van der Waals surface area (Å²) in [4.78, 5) is 12.3. The van der Waals surface area contributed by atoms with Gasteiger partial charge in [-0.15, -0.1) is 4.72 Å². The highest BCUT2D eigenvalue weighted by Crippen LogP contribution is 2.29. The molecule has 0 saturated heterocycles. The Hall–Kier alpha value is -2.59. The molecule has 2 atom stereocenters. The summed E-state index contributed by atoms with van der Waals surface area (Å²) < 4.78 is 30.0. The third-order valence-corrected chi connectivity index (χ3v) is 5.14. The first-order valence-electron chi connectivity index (χ1n) is 8.11. The second-order valence-electron chi connectivity index (χ2n) is 5.85. The number of pyridine rings is 1. The molecule has 27 heavy (non-hydrogen) atoms. The monoisotopic (exact) mass is 387 g/mol. The Kier molecular flexibility index (Phi) is 5.97. The highest BCUT2D eigenvalue weighted by Gasteiger charge is 2.21. The van der Waals surface area contributed by atoms with E-state index in [0.717, 1.165) is 0 Å². The van der Waals surface area contributed by atoms with Gasteiger partial charge in [0, 0.05) is 35.3 Å². The van der Waals surface area contributed by atoms with E-state index in [0.29, 0.717) is 21.6 Å². The number of nitrogens with one attached hydrogen (secondary N) is 1. The number of halogens is 1. The van der Waals surface area contributed by atoms with Crippen molar-refractivity contribution in [2.75, 3.05) is 12.3 Å². The Bertz CT molecular complexity index is 926. The normalized spacial score (nSPS) is 13.3. The summed E-state index contributed by atoms with van der Waals surface area (Å²) in [7, 11) is 0. The molecule has 0 spiro atoms. The van der Waals surface area contributed by atoms with E-state index in [9.17, 15) is 8.94 Å². The van der Waals surface area contributed by atoms with Crippen LogP contribution in [0.15, 0.2) is 53.8 Å². The molecule has 1 aromatic carbocycles. The largest absolute Gasteiger partial charge is 0.593 e. The van der Waals surface area contributed by atoms with Crippen molar-refractivity contribution in [1.82, 2.24) is 19.7 Å². The molecular weight excluding hydrogens is 369 g/mol. The van der Waals surface area contributed by atoms with Crippen molar-refractivity contribution in [2.24, 2.45) is 0 Å². The van der Waals surface area contributed by atoms with Crippen LogP contribution in [0.2, 0.25) is 0 Å². The third kappa shape index (κ3) is 4.40. The maximum absolute atomic E-state index is 14.6. The number of aliphatic hydroxyl groups is 1. The Morgan fingerprint density at radius 2 is 1.85 bits per heavy atom. The lowest BCUT2D eigenvalue weighted by molar-refractivity contribution is 0.265. The predicted molar refractivity (Wildman–Crippen MR) is 101 cm³/mol. The van der Waals surface area contributed by atoms with Crippen LogP contribution in [-0.2, 0) is 11.4 Å². The summed E-state index contributed by atoms with van der Waals surface area (Å²) in [6, 6.07) is 7.91. The summed E-state index contributed by atoms with van der Waals surface area (Å²) in [5.74, 6) is -0.463. The maximum Gasteiger partial charge on any atom is 0.219 e. The van der Waals surface area contributed by atoms with Gasteiger partial charge in [-0.1, -0.05) is 12.1 Å². The molecule has 0 fully saturated rings. The second-order valence-corrected chi connectivity index (χ2v) is 7.06. The van der Waals surface area contributed by atoms with Gasteiger partial charge in [0.1, 0.15) is 11.5 Å². The van der Waals surface area contributed by atoms with E-state index in [1.807, 2.05) is 0 Å². The van der Waals surface area contributed by atoms with Crippen LogP contribution in [0, 0.1) is 5.82 Å². The summed E-state index contributed by atoms with van der Waals surface area (Å²) in [5, 5.41) is 9.13. The lowest BCUT2D eigenvalue weighted by Gasteiger charge is -2.17. The van der Waals surface area contributed by atoms with Gasteiger partial charge < -0.3 is 15.4 Å². The van der Waals surface area contributed by atoms with Gasteiger partial charge in [0.05, 0.1) is 24.0 Å². The highest BCUT2D eigenvalue weighted by molar-refractivity contribution is 7.89. The fourth-order valence-corrected chi connectivity index (χ4v) is 3.56. The van der Waals surface area contributed by atoms with E-state index < -0.39 is 17.2 Å². The lowest BCUT2D eigenvalue weighted by atomic mass is 10.1. The number of nitrogen functional groups attached to an aromatic ring is 1. The van der Waals surface area contributed by atoms with E-state index in [1.165, 1.54) is 24.7 Å². The van der Waals surface area contributed by atoms with Crippen LogP contribution in [0.5, 0.6) is 0 Å². The molecule has 0 amide bonds. The molecule has 3 aromatic rings. The minimum Gasteiger partial charge on any atom is -0.593 e. The molecule has 4 N–H and O–H groups in total. The smallest absolute Gasteiger partial charge is 0.219 e. The molecular formula is C18H18FN5O2S. The first kappa shape index (κ1) is 19.2. The van der Waals surface area contributed by atoms with Gasteiger partial charge in [-0.05, 0) is 25.1 Å². The second kappa shape index (κ2) is 8.40. The van der Waals surface area contributed by atoms with Crippen molar-refractivity contribution in [3.05, 3.63) is 54.7 Å². The number of aliphatic hydroxyl groups excluding tert-OH is 1. The van der Waals surface area contributed by atoms with Crippen molar-refractivity contribution in [3.63, 3.8) is 0 Å². The van der Waals surface area contributed by atoms with E-state index >= 15 is 0 Å². The van der Waals surface area contributed by atoms with Crippen molar-refractivity contribution >= 4 is 17.3 Å². The molecule has 2 heterocycles. The first-order chi connectivity index (χ1) is 13.0. The van der Waals surface area contributed by atoms with E-state index in [-0.39, 0.29) is 24.3 Å². The molecule has 140 valence electrons. The van der Waals surface area contributed by atoms with E-state index in [4.69, 9.17) is 10.8 Å². The summed E-state index contributed by atoms with van der Waals surface area (Å²) in [6.07, 6.45) is 4.30. The van der Waals surface area contributed by atoms with Crippen LogP contribution >= 0.6 is 0 Å². The average molecular weight is 387 g/mol. The van der Waals surface area contributed by atoms with Gasteiger partial charge in [-0.3, -0.25) is 4.98 Å². The topological polar surface area (TPSA) is 120 Å². The zero-order valence-electron chi connectivity index (χ0n) is 14.5. The van der Waals surface area contributed by atoms with Crippen LogP contribution in [-0.4, -0.2) is 37.3 Å². The van der Waals surface area contributed by atoms with Crippen molar-refractivity contribution in [1.29, 1.82) is 0 Å². The molecule has 2 unspecified atom stereocenters. The first-order valence-corrected chi connectivity index (χ1v) is 9.26. The molecule has 0 aliphatic carbocycles. The Morgan fingerprint density at radius 1 is 1.19 bits per heavy atom.